The Morgan fingerprint density at radius 1 is 0.875 bits per heavy atom. The van der Waals surface area contributed by atoms with Crippen molar-refractivity contribution in [2.45, 2.75) is 57.0 Å². The molecule has 9 heteroatoms. The summed E-state index contributed by atoms with van der Waals surface area (Å²) in [6.07, 6.45) is 0.0400. The summed E-state index contributed by atoms with van der Waals surface area (Å²) in [5.74, 6) is 0.204. The first-order valence-electron chi connectivity index (χ1n) is 10.7. The molecule has 0 aromatic heterocycles. The lowest BCUT2D eigenvalue weighted by atomic mass is 10.1. The summed E-state index contributed by atoms with van der Waals surface area (Å²) in [6.45, 7) is 10.2. The van der Waals surface area contributed by atoms with Crippen LogP contribution in [0.15, 0.2) is 62.7 Å². The van der Waals surface area contributed by atoms with Gasteiger partial charge in [-0.15, -0.1) is 4.40 Å². The lowest BCUT2D eigenvalue weighted by Gasteiger charge is -2.45. The van der Waals surface area contributed by atoms with E-state index >= 15 is 0 Å². The molecule has 0 saturated carbocycles. The Hall–Kier alpha value is -2.23. The maximum Gasteiger partial charge on any atom is 0.283 e. The van der Waals surface area contributed by atoms with Gasteiger partial charge in [0.1, 0.15) is 5.84 Å². The maximum absolute atomic E-state index is 13.5. The number of hydrogen-bond acceptors (Lipinski definition) is 4. The van der Waals surface area contributed by atoms with Crippen LogP contribution in [0.25, 0.3) is 0 Å². The molecule has 0 unspecified atom stereocenters. The van der Waals surface area contributed by atoms with Crippen molar-refractivity contribution in [3.63, 3.8) is 0 Å². The molecule has 1 fully saturated rings. The van der Waals surface area contributed by atoms with Crippen LogP contribution >= 0.6 is 0 Å². The van der Waals surface area contributed by atoms with E-state index in [0.29, 0.717) is 19.5 Å². The summed E-state index contributed by atoms with van der Waals surface area (Å²) >= 11 is 0. The van der Waals surface area contributed by atoms with Gasteiger partial charge in [0.15, 0.2) is 0 Å². The minimum absolute atomic E-state index is 0.0808. The first-order chi connectivity index (χ1) is 14.9. The van der Waals surface area contributed by atoms with Crippen molar-refractivity contribution in [3.8, 4) is 0 Å². The highest BCUT2D eigenvalue weighted by molar-refractivity contribution is 7.90. The molecule has 1 saturated heterocycles. The molecule has 1 aliphatic rings. The van der Waals surface area contributed by atoms with E-state index in [1.54, 1.807) is 48.2 Å². The van der Waals surface area contributed by atoms with E-state index in [0.717, 1.165) is 11.1 Å². The van der Waals surface area contributed by atoms with Gasteiger partial charge >= 0.3 is 0 Å². The van der Waals surface area contributed by atoms with Crippen molar-refractivity contribution >= 4 is 25.9 Å². The SMILES string of the molecule is CC(=NS(=O)(=O)c1ccc(C)cc1)N1CCCN(S(=O)(=O)c2ccc(C)cc2)[C@H]1C(C)C. The molecule has 0 radical (unpaired) electrons. The average Bonchev–Trinajstić information content (AvgIpc) is 2.73. The number of rotatable bonds is 5. The Balaban J connectivity index is 1.98. The number of nitrogens with zero attached hydrogens (tertiary/aromatic N) is 3. The van der Waals surface area contributed by atoms with Crippen LogP contribution < -0.4 is 0 Å². The van der Waals surface area contributed by atoms with E-state index in [1.165, 1.54) is 16.4 Å². The predicted molar refractivity (Wildman–Crippen MR) is 126 cm³/mol. The van der Waals surface area contributed by atoms with Crippen LogP contribution in [0.2, 0.25) is 0 Å². The van der Waals surface area contributed by atoms with Crippen molar-refractivity contribution in [1.82, 2.24) is 9.21 Å². The second-order valence-electron chi connectivity index (χ2n) is 8.56. The zero-order valence-electron chi connectivity index (χ0n) is 19.2. The number of benzene rings is 2. The van der Waals surface area contributed by atoms with Crippen molar-refractivity contribution in [1.29, 1.82) is 0 Å². The summed E-state index contributed by atoms with van der Waals surface area (Å²) in [6, 6.07) is 13.3. The first-order valence-corrected chi connectivity index (χ1v) is 13.5. The highest BCUT2D eigenvalue weighted by Gasteiger charge is 2.40. The van der Waals surface area contributed by atoms with Crippen LogP contribution in [-0.2, 0) is 20.0 Å². The topological polar surface area (TPSA) is 87.1 Å². The van der Waals surface area contributed by atoms with Crippen LogP contribution in [0.4, 0.5) is 0 Å². The van der Waals surface area contributed by atoms with E-state index < -0.39 is 26.2 Å². The molecule has 0 amide bonds. The minimum Gasteiger partial charge on any atom is -0.343 e. The third-order valence-corrected chi connectivity index (χ3v) is 8.86. The lowest BCUT2D eigenvalue weighted by Crippen LogP contribution is -2.59. The molecule has 0 aliphatic carbocycles. The van der Waals surface area contributed by atoms with Gasteiger partial charge in [-0.3, -0.25) is 0 Å². The van der Waals surface area contributed by atoms with Gasteiger partial charge in [-0.2, -0.15) is 12.7 Å². The third kappa shape index (κ3) is 5.05. The smallest absolute Gasteiger partial charge is 0.283 e. The van der Waals surface area contributed by atoms with Gasteiger partial charge < -0.3 is 4.90 Å². The maximum atomic E-state index is 13.5. The second-order valence-corrected chi connectivity index (χ2v) is 12.1. The van der Waals surface area contributed by atoms with Gasteiger partial charge in [-0.25, -0.2) is 8.42 Å². The summed E-state index contributed by atoms with van der Waals surface area (Å²) in [5, 5.41) is 0. The van der Waals surface area contributed by atoms with E-state index in [1.807, 2.05) is 27.7 Å². The first kappa shape index (κ1) is 24.4. The van der Waals surface area contributed by atoms with Gasteiger partial charge in [0.25, 0.3) is 10.0 Å². The van der Waals surface area contributed by atoms with E-state index in [-0.39, 0.29) is 21.5 Å². The molecular formula is C23H31N3O4S2. The zero-order valence-corrected chi connectivity index (χ0v) is 20.8. The molecule has 174 valence electrons. The van der Waals surface area contributed by atoms with Crippen molar-refractivity contribution in [2.24, 2.45) is 10.3 Å². The van der Waals surface area contributed by atoms with Crippen LogP contribution in [0.1, 0.15) is 38.3 Å². The normalized spacial score (nSPS) is 18.9. The molecule has 1 atom stereocenters. The zero-order chi connectivity index (χ0) is 23.7. The minimum atomic E-state index is -3.91. The lowest BCUT2D eigenvalue weighted by molar-refractivity contribution is 0.0839. The monoisotopic (exact) mass is 477 g/mol. The fourth-order valence-electron chi connectivity index (χ4n) is 3.96. The summed E-state index contributed by atoms with van der Waals surface area (Å²) < 4.78 is 58.2. The third-order valence-electron chi connectivity index (χ3n) is 5.60. The van der Waals surface area contributed by atoms with Crippen LogP contribution in [0.5, 0.6) is 0 Å². The Kier molecular flexibility index (Phi) is 7.12. The van der Waals surface area contributed by atoms with Crippen molar-refractivity contribution in [3.05, 3.63) is 59.7 Å². The molecule has 2 aromatic rings. The molecule has 1 aliphatic heterocycles. The standard InChI is InChI=1S/C23H31N3O4S2/c1-17(2)23-25(20(5)24-31(27,28)21-11-7-18(3)8-12-21)15-6-16-26(23)32(29,30)22-13-9-19(4)10-14-22/h7-14,17,23H,6,15-16H2,1-5H3/t23-/m0/s1. The summed E-state index contributed by atoms with van der Waals surface area (Å²) in [4.78, 5) is 2.15. The summed E-state index contributed by atoms with van der Waals surface area (Å²) in [7, 11) is -7.66. The van der Waals surface area contributed by atoms with E-state index in [4.69, 9.17) is 0 Å². The number of aryl methyl sites for hydroxylation is 2. The Morgan fingerprint density at radius 2 is 1.38 bits per heavy atom. The highest BCUT2D eigenvalue weighted by atomic mass is 32.2. The molecule has 32 heavy (non-hydrogen) atoms. The number of amidine groups is 1. The van der Waals surface area contributed by atoms with Crippen LogP contribution in [0, 0.1) is 19.8 Å². The van der Waals surface area contributed by atoms with Crippen LogP contribution in [-0.4, -0.2) is 51.1 Å². The van der Waals surface area contributed by atoms with Gasteiger partial charge in [0.05, 0.1) is 16.0 Å². The predicted octanol–water partition coefficient (Wildman–Crippen LogP) is 3.79. The molecule has 0 spiro atoms. The van der Waals surface area contributed by atoms with Gasteiger partial charge in [0, 0.05) is 13.1 Å². The molecule has 7 nitrogen and oxygen atoms in total. The van der Waals surface area contributed by atoms with E-state index in [9.17, 15) is 16.8 Å². The average molecular weight is 478 g/mol. The van der Waals surface area contributed by atoms with Gasteiger partial charge in [-0.1, -0.05) is 49.2 Å². The van der Waals surface area contributed by atoms with Crippen molar-refractivity contribution < 1.29 is 16.8 Å². The molecule has 1 heterocycles. The Morgan fingerprint density at radius 3 is 1.88 bits per heavy atom. The molecule has 0 bridgehead atoms. The number of sulfonamides is 2. The second kappa shape index (κ2) is 9.33. The largest absolute Gasteiger partial charge is 0.343 e. The Bertz CT molecular complexity index is 1190. The fourth-order valence-corrected chi connectivity index (χ4v) is 6.76. The van der Waals surface area contributed by atoms with Crippen molar-refractivity contribution in [2.75, 3.05) is 13.1 Å². The van der Waals surface area contributed by atoms with Crippen LogP contribution in [0.3, 0.4) is 0 Å². The molecular weight excluding hydrogens is 446 g/mol. The molecule has 2 aromatic carbocycles. The highest BCUT2D eigenvalue weighted by Crippen LogP contribution is 2.29. The van der Waals surface area contributed by atoms with Gasteiger partial charge in [0.2, 0.25) is 10.0 Å². The molecule has 3 rings (SSSR count). The number of hydrogen-bond donors (Lipinski definition) is 0. The van der Waals surface area contributed by atoms with Gasteiger partial charge in [-0.05, 0) is 57.4 Å². The van der Waals surface area contributed by atoms with E-state index in [2.05, 4.69) is 4.40 Å². The Labute approximate surface area is 191 Å². The quantitative estimate of drug-likeness (QED) is 0.483. The fraction of sp³-hybridized carbons (Fsp3) is 0.435. The molecule has 0 N–H and O–H groups in total. The summed E-state index contributed by atoms with van der Waals surface area (Å²) in [5.41, 5.74) is 1.94.